The maximum absolute atomic E-state index is 12.3. The summed E-state index contributed by atoms with van der Waals surface area (Å²) >= 11 is 0. The fourth-order valence-corrected chi connectivity index (χ4v) is 2.04. The predicted octanol–water partition coefficient (Wildman–Crippen LogP) is 0.661. The third-order valence-electron chi connectivity index (χ3n) is 3.14. The number of benzene rings is 1. The summed E-state index contributed by atoms with van der Waals surface area (Å²) in [5, 5.41) is 12.4. The predicted molar refractivity (Wildman–Crippen MR) is 66.4 cm³/mol. The Hall–Kier alpha value is -2.04. The van der Waals surface area contributed by atoms with Crippen molar-refractivity contribution in [1.82, 2.24) is 10.2 Å². The molecule has 1 fully saturated rings. The Morgan fingerprint density at radius 1 is 1.50 bits per heavy atom. The van der Waals surface area contributed by atoms with Gasteiger partial charge in [0.1, 0.15) is 11.8 Å². The first-order valence-corrected chi connectivity index (χ1v) is 5.89. The zero-order valence-electron chi connectivity index (χ0n) is 10.4. The van der Waals surface area contributed by atoms with E-state index < -0.39 is 6.04 Å². The summed E-state index contributed by atoms with van der Waals surface area (Å²) < 4.78 is 0. The number of amides is 2. The van der Waals surface area contributed by atoms with Crippen molar-refractivity contribution in [3.63, 3.8) is 0 Å². The fourth-order valence-electron chi connectivity index (χ4n) is 2.04. The lowest BCUT2D eigenvalue weighted by Crippen LogP contribution is -2.55. The number of phenols is 1. The van der Waals surface area contributed by atoms with Gasteiger partial charge in [0, 0.05) is 13.1 Å². The van der Waals surface area contributed by atoms with E-state index in [9.17, 15) is 14.7 Å². The van der Waals surface area contributed by atoms with Crippen molar-refractivity contribution in [2.75, 3.05) is 13.1 Å². The number of nitrogens with zero attached hydrogens (tertiary/aromatic N) is 1. The third-order valence-corrected chi connectivity index (χ3v) is 3.14. The number of aryl methyl sites for hydroxylation is 1. The zero-order chi connectivity index (χ0) is 13.3. The number of carbonyl (C=O) groups excluding carboxylic acids is 2. The van der Waals surface area contributed by atoms with E-state index in [1.54, 1.807) is 19.1 Å². The van der Waals surface area contributed by atoms with E-state index in [0.717, 1.165) is 5.56 Å². The van der Waals surface area contributed by atoms with Crippen molar-refractivity contribution in [3.05, 3.63) is 29.3 Å². The number of piperazine rings is 1. The number of aromatic hydroxyl groups is 1. The standard InChI is InChI=1S/C13H16N2O3/c1-8-3-4-11(16)10(7-8)13(18)15-6-5-14-12(17)9(15)2/h3-4,7,9,16H,5-6H2,1-2H3,(H,14,17). The maximum atomic E-state index is 12.3. The van der Waals surface area contributed by atoms with Gasteiger partial charge in [0.15, 0.2) is 0 Å². The van der Waals surface area contributed by atoms with Crippen molar-refractivity contribution >= 4 is 11.8 Å². The van der Waals surface area contributed by atoms with Gasteiger partial charge in [-0.25, -0.2) is 0 Å². The van der Waals surface area contributed by atoms with Crippen LogP contribution in [-0.2, 0) is 4.79 Å². The third kappa shape index (κ3) is 2.16. The molecule has 1 aromatic rings. The molecule has 5 heteroatoms. The summed E-state index contributed by atoms with van der Waals surface area (Å²) in [5.41, 5.74) is 1.14. The Bertz CT molecular complexity index is 499. The van der Waals surface area contributed by atoms with E-state index in [-0.39, 0.29) is 23.1 Å². The van der Waals surface area contributed by atoms with Crippen LogP contribution in [0.1, 0.15) is 22.8 Å². The van der Waals surface area contributed by atoms with Crippen molar-refractivity contribution in [2.24, 2.45) is 0 Å². The minimum Gasteiger partial charge on any atom is -0.507 e. The van der Waals surface area contributed by atoms with Gasteiger partial charge in [0.25, 0.3) is 5.91 Å². The Kier molecular flexibility index (Phi) is 3.23. The molecular formula is C13H16N2O3. The van der Waals surface area contributed by atoms with Crippen LogP contribution in [0, 0.1) is 6.92 Å². The summed E-state index contributed by atoms with van der Waals surface area (Å²) in [6.45, 7) is 4.43. The van der Waals surface area contributed by atoms with E-state index in [4.69, 9.17) is 0 Å². The summed E-state index contributed by atoms with van der Waals surface area (Å²) in [5.74, 6) is -0.524. The second-order valence-electron chi connectivity index (χ2n) is 4.49. The van der Waals surface area contributed by atoms with Gasteiger partial charge in [-0.1, -0.05) is 11.6 Å². The molecule has 0 radical (unpaired) electrons. The summed E-state index contributed by atoms with van der Waals surface area (Å²) in [4.78, 5) is 25.3. The molecule has 1 heterocycles. The van der Waals surface area contributed by atoms with Crippen LogP contribution in [0.15, 0.2) is 18.2 Å². The summed E-state index contributed by atoms with van der Waals surface area (Å²) in [7, 11) is 0. The number of nitrogens with one attached hydrogen (secondary N) is 1. The minimum absolute atomic E-state index is 0.0521. The highest BCUT2D eigenvalue weighted by molar-refractivity contribution is 6.00. The highest BCUT2D eigenvalue weighted by atomic mass is 16.3. The molecule has 1 saturated heterocycles. The Morgan fingerprint density at radius 3 is 2.94 bits per heavy atom. The van der Waals surface area contributed by atoms with E-state index in [0.29, 0.717) is 13.1 Å². The first-order valence-electron chi connectivity index (χ1n) is 5.89. The van der Waals surface area contributed by atoms with E-state index in [2.05, 4.69) is 5.32 Å². The van der Waals surface area contributed by atoms with E-state index in [1.165, 1.54) is 11.0 Å². The van der Waals surface area contributed by atoms with Crippen LogP contribution in [0.5, 0.6) is 5.75 Å². The average molecular weight is 248 g/mol. The molecule has 2 amide bonds. The zero-order valence-corrected chi connectivity index (χ0v) is 10.4. The molecule has 5 nitrogen and oxygen atoms in total. The largest absolute Gasteiger partial charge is 0.507 e. The molecule has 0 aromatic heterocycles. The van der Waals surface area contributed by atoms with Gasteiger partial charge in [-0.15, -0.1) is 0 Å². The maximum Gasteiger partial charge on any atom is 0.258 e. The monoisotopic (exact) mass is 248 g/mol. The van der Waals surface area contributed by atoms with E-state index in [1.807, 2.05) is 6.92 Å². The van der Waals surface area contributed by atoms with Crippen LogP contribution in [0.25, 0.3) is 0 Å². The first-order chi connectivity index (χ1) is 8.50. The van der Waals surface area contributed by atoms with Crippen molar-refractivity contribution in [1.29, 1.82) is 0 Å². The second kappa shape index (κ2) is 4.68. The molecule has 0 spiro atoms. The van der Waals surface area contributed by atoms with Crippen molar-refractivity contribution in [2.45, 2.75) is 19.9 Å². The summed E-state index contributed by atoms with van der Waals surface area (Å²) in [6.07, 6.45) is 0. The van der Waals surface area contributed by atoms with Crippen molar-refractivity contribution < 1.29 is 14.7 Å². The van der Waals surface area contributed by atoms with Crippen LogP contribution >= 0.6 is 0 Å². The van der Waals surface area contributed by atoms with Crippen LogP contribution in [-0.4, -0.2) is 41.0 Å². The fraction of sp³-hybridized carbons (Fsp3) is 0.385. The summed E-state index contributed by atoms with van der Waals surface area (Å²) in [6, 6.07) is 4.36. The Morgan fingerprint density at radius 2 is 2.22 bits per heavy atom. The SMILES string of the molecule is Cc1ccc(O)c(C(=O)N2CCNC(=O)C2C)c1. The van der Waals surface area contributed by atoms with Gasteiger partial charge >= 0.3 is 0 Å². The highest BCUT2D eigenvalue weighted by Gasteiger charge is 2.30. The first kappa shape index (κ1) is 12.4. The van der Waals surface area contributed by atoms with Crippen LogP contribution < -0.4 is 5.32 Å². The lowest BCUT2D eigenvalue weighted by Gasteiger charge is -2.33. The number of rotatable bonds is 1. The molecule has 0 saturated carbocycles. The molecule has 1 atom stereocenters. The molecule has 96 valence electrons. The van der Waals surface area contributed by atoms with Gasteiger partial charge in [0.2, 0.25) is 5.91 Å². The molecule has 18 heavy (non-hydrogen) atoms. The van der Waals surface area contributed by atoms with Gasteiger partial charge in [0.05, 0.1) is 5.56 Å². The number of phenolic OH excluding ortho intramolecular Hbond substituents is 1. The molecule has 2 N–H and O–H groups in total. The number of hydrogen-bond acceptors (Lipinski definition) is 3. The average Bonchev–Trinajstić information content (AvgIpc) is 2.35. The Balaban J connectivity index is 2.30. The molecule has 1 aliphatic rings. The van der Waals surface area contributed by atoms with Crippen LogP contribution in [0.2, 0.25) is 0 Å². The molecule has 2 rings (SSSR count). The van der Waals surface area contributed by atoms with Gasteiger partial charge in [-0.3, -0.25) is 9.59 Å². The van der Waals surface area contributed by atoms with Gasteiger partial charge in [-0.05, 0) is 26.0 Å². The second-order valence-corrected chi connectivity index (χ2v) is 4.49. The molecular weight excluding hydrogens is 232 g/mol. The highest BCUT2D eigenvalue weighted by Crippen LogP contribution is 2.21. The Labute approximate surface area is 105 Å². The van der Waals surface area contributed by atoms with Crippen LogP contribution in [0.3, 0.4) is 0 Å². The normalized spacial score (nSPS) is 19.6. The quantitative estimate of drug-likeness (QED) is 0.767. The molecule has 1 aromatic carbocycles. The molecule has 1 aliphatic heterocycles. The lowest BCUT2D eigenvalue weighted by molar-refractivity contribution is -0.127. The molecule has 0 aliphatic carbocycles. The molecule has 0 bridgehead atoms. The van der Waals surface area contributed by atoms with Gasteiger partial charge < -0.3 is 15.3 Å². The van der Waals surface area contributed by atoms with Gasteiger partial charge in [-0.2, -0.15) is 0 Å². The topological polar surface area (TPSA) is 69.6 Å². The number of carbonyl (C=O) groups is 2. The van der Waals surface area contributed by atoms with Crippen LogP contribution in [0.4, 0.5) is 0 Å². The number of hydrogen-bond donors (Lipinski definition) is 2. The van der Waals surface area contributed by atoms with Crippen molar-refractivity contribution in [3.8, 4) is 5.75 Å². The minimum atomic E-state index is -0.508. The smallest absolute Gasteiger partial charge is 0.258 e. The molecule has 1 unspecified atom stereocenters. The lowest BCUT2D eigenvalue weighted by atomic mass is 10.1. The van der Waals surface area contributed by atoms with E-state index >= 15 is 0 Å².